The molecule has 2 heteroatoms. The monoisotopic (exact) mass is 286 g/mol. The Morgan fingerprint density at radius 1 is 1.00 bits per heavy atom. The molecule has 0 aliphatic heterocycles. The average molecular weight is 286 g/mol. The summed E-state index contributed by atoms with van der Waals surface area (Å²) in [7, 11) is 0. The van der Waals surface area contributed by atoms with Gasteiger partial charge in [-0.15, -0.1) is 0 Å². The van der Waals surface area contributed by atoms with Gasteiger partial charge in [0.1, 0.15) is 5.75 Å². The summed E-state index contributed by atoms with van der Waals surface area (Å²) < 4.78 is 5.50. The van der Waals surface area contributed by atoms with E-state index in [4.69, 9.17) is 4.74 Å². The summed E-state index contributed by atoms with van der Waals surface area (Å²) in [5.74, 6) is 4.87. The van der Waals surface area contributed by atoms with Gasteiger partial charge in [0.2, 0.25) is 0 Å². The van der Waals surface area contributed by atoms with E-state index in [0.29, 0.717) is 12.5 Å². The minimum absolute atomic E-state index is 0.282. The lowest BCUT2D eigenvalue weighted by molar-refractivity contribution is -0.0908. The van der Waals surface area contributed by atoms with Crippen molar-refractivity contribution in [3.63, 3.8) is 0 Å². The maximum Gasteiger partial charge on any atom is 0.119 e. The van der Waals surface area contributed by atoms with Crippen LogP contribution in [0.4, 0.5) is 0 Å². The topological polar surface area (TPSA) is 29.5 Å². The van der Waals surface area contributed by atoms with Crippen LogP contribution >= 0.6 is 0 Å². The SMILES string of the molecule is CCOc1ccc(C(O)C2C3CC4CC(C3)CC2C4)cc1. The van der Waals surface area contributed by atoms with E-state index in [2.05, 4.69) is 12.1 Å². The van der Waals surface area contributed by atoms with E-state index in [1.807, 2.05) is 19.1 Å². The summed E-state index contributed by atoms with van der Waals surface area (Å²) in [6.07, 6.45) is 6.66. The van der Waals surface area contributed by atoms with Gasteiger partial charge in [-0.1, -0.05) is 12.1 Å². The Morgan fingerprint density at radius 2 is 1.57 bits per heavy atom. The summed E-state index contributed by atoms with van der Waals surface area (Å²) in [6.45, 7) is 2.69. The van der Waals surface area contributed by atoms with Crippen LogP contribution in [-0.2, 0) is 0 Å². The Hall–Kier alpha value is -1.02. The molecule has 0 saturated heterocycles. The lowest BCUT2D eigenvalue weighted by Crippen LogP contribution is -2.47. The summed E-state index contributed by atoms with van der Waals surface area (Å²) in [5, 5.41) is 10.9. The van der Waals surface area contributed by atoms with Crippen LogP contribution in [0, 0.1) is 29.6 Å². The fraction of sp³-hybridized carbons (Fsp3) is 0.684. The first-order valence-electron chi connectivity index (χ1n) is 8.65. The molecule has 4 saturated carbocycles. The van der Waals surface area contributed by atoms with Crippen LogP contribution in [0.2, 0.25) is 0 Å². The number of hydrogen-bond acceptors (Lipinski definition) is 2. The van der Waals surface area contributed by atoms with Gasteiger partial charge in [-0.3, -0.25) is 0 Å². The van der Waals surface area contributed by atoms with E-state index < -0.39 is 0 Å². The van der Waals surface area contributed by atoms with Gasteiger partial charge in [0.25, 0.3) is 0 Å². The van der Waals surface area contributed by atoms with Gasteiger partial charge < -0.3 is 9.84 Å². The minimum Gasteiger partial charge on any atom is -0.494 e. The van der Waals surface area contributed by atoms with Gasteiger partial charge in [0, 0.05) is 0 Å². The van der Waals surface area contributed by atoms with Gasteiger partial charge in [-0.05, 0) is 86.3 Å². The van der Waals surface area contributed by atoms with Crippen LogP contribution in [0.25, 0.3) is 0 Å². The van der Waals surface area contributed by atoms with Gasteiger partial charge in [0.15, 0.2) is 0 Å². The van der Waals surface area contributed by atoms with Gasteiger partial charge in [0.05, 0.1) is 12.7 Å². The van der Waals surface area contributed by atoms with Crippen LogP contribution in [-0.4, -0.2) is 11.7 Å². The van der Waals surface area contributed by atoms with E-state index in [1.165, 1.54) is 32.1 Å². The fourth-order valence-electron chi connectivity index (χ4n) is 5.63. The van der Waals surface area contributed by atoms with Crippen LogP contribution in [0.5, 0.6) is 5.75 Å². The van der Waals surface area contributed by atoms with Crippen molar-refractivity contribution in [1.82, 2.24) is 0 Å². The summed E-state index contributed by atoms with van der Waals surface area (Å²) in [5.41, 5.74) is 1.08. The zero-order valence-corrected chi connectivity index (χ0v) is 12.9. The van der Waals surface area contributed by atoms with Crippen molar-refractivity contribution in [1.29, 1.82) is 0 Å². The van der Waals surface area contributed by atoms with Crippen LogP contribution in [0.1, 0.15) is 50.7 Å². The van der Waals surface area contributed by atoms with E-state index in [9.17, 15) is 5.11 Å². The smallest absolute Gasteiger partial charge is 0.119 e. The van der Waals surface area contributed by atoms with E-state index in [0.717, 1.165) is 35.0 Å². The highest BCUT2D eigenvalue weighted by molar-refractivity contribution is 5.29. The molecule has 21 heavy (non-hydrogen) atoms. The maximum atomic E-state index is 10.9. The van der Waals surface area contributed by atoms with E-state index in [1.54, 1.807) is 0 Å². The highest BCUT2D eigenvalue weighted by atomic mass is 16.5. The van der Waals surface area contributed by atoms with Crippen LogP contribution in [0.3, 0.4) is 0 Å². The molecule has 0 radical (unpaired) electrons. The first kappa shape index (κ1) is 13.6. The molecule has 1 atom stereocenters. The molecule has 1 N–H and O–H groups in total. The normalized spacial score (nSPS) is 38.5. The maximum absolute atomic E-state index is 10.9. The minimum atomic E-state index is -0.282. The molecule has 2 nitrogen and oxygen atoms in total. The highest BCUT2D eigenvalue weighted by Crippen LogP contribution is 2.59. The van der Waals surface area contributed by atoms with Gasteiger partial charge in [-0.2, -0.15) is 0 Å². The quantitative estimate of drug-likeness (QED) is 0.899. The second kappa shape index (κ2) is 5.31. The fourth-order valence-corrected chi connectivity index (χ4v) is 5.63. The van der Waals surface area contributed by atoms with Crippen LogP contribution in [0.15, 0.2) is 24.3 Å². The van der Waals surface area contributed by atoms with Crippen molar-refractivity contribution in [2.24, 2.45) is 29.6 Å². The Morgan fingerprint density at radius 3 is 2.10 bits per heavy atom. The van der Waals surface area contributed by atoms with Crippen molar-refractivity contribution in [2.75, 3.05) is 6.61 Å². The van der Waals surface area contributed by atoms with Crippen molar-refractivity contribution < 1.29 is 9.84 Å². The molecule has 4 aliphatic carbocycles. The Balaban J connectivity index is 1.53. The average Bonchev–Trinajstić information content (AvgIpc) is 2.47. The first-order valence-corrected chi connectivity index (χ1v) is 8.65. The Bertz CT molecular complexity index is 465. The number of aliphatic hydroxyl groups is 1. The molecular formula is C19H26O2. The summed E-state index contributed by atoms with van der Waals surface area (Å²) in [4.78, 5) is 0. The Kier molecular flexibility index (Phi) is 3.45. The lowest BCUT2D eigenvalue weighted by atomic mass is 9.50. The summed E-state index contributed by atoms with van der Waals surface area (Å²) in [6, 6.07) is 8.11. The molecule has 4 bridgehead atoms. The van der Waals surface area contributed by atoms with Gasteiger partial charge >= 0.3 is 0 Å². The van der Waals surface area contributed by atoms with E-state index in [-0.39, 0.29) is 6.10 Å². The number of aliphatic hydroxyl groups excluding tert-OH is 1. The van der Waals surface area contributed by atoms with Crippen molar-refractivity contribution in [2.45, 2.75) is 45.1 Å². The van der Waals surface area contributed by atoms with Gasteiger partial charge in [-0.25, -0.2) is 0 Å². The molecule has 1 aromatic carbocycles. The zero-order chi connectivity index (χ0) is 14.4. The summed E-state index contributed by atoms with van der Waals surface area (Å²) >= 11 is 0. The molecule has 1 unspecified atom stereocenters. The second-order valence-corrected chi connectivity index (χ2v) is 7.45. The van der Waals surface area contributed by atoms with Crippen molar-refractivity contribution in [3.05, 3.63) is 29.8 Å². The largest absolute Gasteiger partial charge is 0.494 e. The predicted molar refractivity (Wildman–Crippen MR) is 83.1 cm³/mol. The number of rotatable bonds is 4. The number of hydrogen-bond donors (Lipinski definition) is 1. The molecule has 5 rings (SSSR count). The second-order valence-electron chi connectivity index (χ2n) is 7.45. The number of ether oxygens (including phenoxy) is 1. The molecular weight excluding hydrogens is 260 g/mol. The van der Waals surface area contributed by atoms with Crippen LogP contribution < -0.4 is 4.74 Å². The molecule has 0 heterocycles. The predicted octanol–water partition coefficient (Wildman–Crippen LogP) is 4.19. The molecule has 0 aromatic heterocycles. The molecule has 4 fully saturated rings. The first-order chi connectivity index (χ1) is 10.2. The lowest BCUT2D eigenvalue weighted by Gasteiger charge is -2.55. The molecule has 0 spiro atoms. The third kappa shape index (κ3) is 2.38. The van der Waals surface area contributed by atoms with Crippen molar-refractivity contribution in [3.8, 4) is 5.75 Å². The molecule has 114 valence electrons. The van der Waals surface area contributed by atoms with E-state index >= 15 is 0 Å². The highest BCUT2D eigenvalue weighted by Gasteiger charge is 2.50. The third-order valence-electron chi connectivity index (χ3n) is 6.20. The zero-order valence-electron chi connectivity index (χ0n) is 12.9. The standard InChI is InChI=1S/C19H26O2/c1-2-21-17-5-3-14(4-6-17)19(20)18-15-8-12-7-13(10-15)11-16(18)9-12/h3-6,12-13,15-16,18-20H,2,7-11H2,1H3. The molecule has 4 aliphatic rings. The number of benzene rings is 1. The third-order valence-corrected chi connectivity index (χ3v) is 6.20. The molecule has 1 aromatic rings. The molecule has 0 amide bonds. The Labute approximate surface area is 127 Å². The van der Waals surface area contributed by atoms with Crippen molar-refractivity contribution >= 4 is 0 Å².